The molecule has 2 aliphatic rings. The number of aromatic nitrogens is 2. The number of halogens is 2. The van der Waals surface area contributed by atoms with Gasteiger partial charge in [-0.3, -0.25) is 14.3 Å². The first-order valence-corrected chi connectivity index (χ1v) is 12.3. The minimum Gasteiger partial charge on any atom is -0.378 e. The van der Waals surface area contributed by atoms with Crippen molar-refractivity contribution >= 4 is 34.8 Å². The molecule has 3 heterocycles. The number of piperazine rings is 1. The average molecular weight is 522 g/mol. The summed E-state index contributed by atoms with van der Waals surface area (Å²) in [5, 5.41) is 7.75. The Hall–Kier alpha value is -3.94. The van der Waals surface area contributed by atoms with Gasteiger partial charge in [0.2, 0.25) is 11.6 Å². The minimum atomic E-state index is -0.679. The van der Waals surface area contributed by atoms with Crippen molar-refractivity contribution in [2.75, 3.05) is 37.6 Å². The summed E-state index contributed by atoms with van der Waals surface area (Å²) in [6, 6.07) is 9.62. The molecule has 0 unspecified atom stereocenters. The zero-order valence-electron chi connectivity index (χ0n) is 20.0. The van der Waals surface area contributed by atoms with Gasteiger partial charge >= 0.3 is 0 Å². The van der Waals surface area contributed by atoms with Gasteiger partial charge in [0, 0.05) is 44.0 Å². The first kappa shape index (κ1) is 24.7. The second-order valence-corrected chi connectivity index (χ2v) is 9.46. The number of amides is 2. The van der Waals surface area contributed by atoms with Crippen molar-refractivity contribution in [1.82, 2.24) is 20.0 Å². The standard InChI is InChI=1S/C26H25ClFN7O2/c1-30-20-5-2-16(12-21(20)33-8-6-31-7-9-33)13-23(36)34-10-11-35-22(15-34)24(26(29)37)25(32-35)17-3-4-19(28)18(27)14-17/h2-5,12,14,31H,6-11,13,15H2,(H2,29,37). The van der Waals surface area contributed by atoms with Crippen LogP contribution in [0.4, 0.5) is 15.8 Å². The lowest BCUT2D eigenvalue weighted by Gasteiger charge is -2.31. The molecule has 0 atom stereocenters. The predicted molar refractivity (Wildman–Crippen MR) is 138 cm³/mol. The fourth-order valence-corrected chi connectivity index (χ4v) is 5.03. The molecule has 11 heteroatoms. The van der Waals surface area contributed by atoms with E-state index in [2.05, 4.69) is 20.2 Å². The summed E-state index contributed by atoms with van der Waals surface area (Å²) in [7, 11) is 0. The van der Waals surface area contributed by atoms with E-state index in [1.165, 1.54) is 18.2 Å². The van der Waals surface area contributed by atoms with Crippen molar-refractivity contribution in [3.05, 3.63) is 75.5 Å². The molecule has 2 aliphatic heterocycles. The van der Waals surface area contributed by atoms with Gasteiger partial charge in [-0.2, -0.15) is 5.10 Å². The lowest BCUT2D eigenvalue weighted by atomic mass is 10.0. The Labute approximate surface area is 218 Å². The summed E-state index contributed by atoms with van der Waals surface area (Å²) in [6.07, 6.45) is 0.165. The number of nitrogens with one attached hydrogen (secondary N) is 1. The number of hydrogen-bond donors (Lipinski definition) is 2. The number of benzene rings is 2. The normalized spacial score (nSPS) is 15.3. The van der Waals surface area contributed by atoms with E-state index in [1.54, 1.807) is 15.6 Å². The van der Waals surface area contributed by atoms with Crippen LogP contribution in [0.5, 0.6) is 0 Å². The van der Waals surface area contributed by atoms with E-state index in [4.69, 9.17) is 23.9 Å². The maximum Gasteiger partial charge on any atom is 0.252 e. The van der Waals surface area contributed by atoms with Gasteiger partial charge in [-0.15, -0.1) is 0 Å². The molecule has 1 aromatic heterocycles. The Bertz CT molecular complexity index is 1430. The smallest absolute Gasteiger partial charge is 0.252 e. The highest BCUT2D eigenvalue weighted by Gasteiger charge is 2.30. The number of carbonyl (C=O) groups is 2. The van der Waals surface area contributed by atoms with E-state index in [0.29, 0.717) is 35.7 Å². The van der Waals surface area contributed by atoms with Crippen LogP contribution < -0.4 is 16.0 Å². The number of primary amides is 1. The molecule has 0 saturated carbocycles. The van der Waals surface area contributed by atoms with Gasteiger partial charge in [0.25, 0.3) is 5.91 Å². The first-order chi connectivity index (χ1) is 17.9. The summed E-state index contributed by atoms with van der Waals surface area (Å²) >= 11 is 5.94. The Morgan fingerprint density at radius 3 is 2.62 bits per heavy atom. The maximum absolute atomic E-state index is 13.7. The van der Waals surface area contributed by atoms with Gasteiger partial charge < -0.3 is 20.9 Å². The number of nitrogens with zero attached hydrogens (tertiary/aromatic N) is 5. The van der Waals surface area contributed by atoms with Crippen molar-refractivity contribution in [2.24, 2.45) is 5.73 Å². The third-order valence-corrected chi connectivity index (χ3v) is 7.04. The molecule has 3 aromatic rings. The van der Waals surface area contributed by atoms with Gasteiger partial charge in [-0.05, 0) is 29.8 Å². The average Bonchev–Trinajstić information content (AvgIpc) is 3.30. The summed E-state index contributed by atoms with van der Waals surface area (Å²) in [4.78, 5) is 33.2. The zero-order chi connectivity index (χ0) is 26.1. The molecule has 190 valence electrons. The molecule has 1 saturated heterocycles. The molecule has 0 aliphatic carbocycles. The largest absolute Gasteiger partial charge is 0.378 e. The Balaban J connectivity index is 1.38. The molecular weight excluding hydrogens is 497 g/mol. The second-order valence-electron chi connectivity index (χ2n) is 9.05. The quantitative estimate of drug-likeness (QED) is 0.503. The lowest BCUT2D eigenvalue weighted by Crippen LogP contribution is -2.43. The zero-order valence-corrected chi connectivity index (χ0v) is 20.8. The molecule has 9 nitrogen and oxygen atoms in total. The molecule has 0 radical (unpaired) electrons. The van der Waals surface area contributed by atoms with Gasteiger partial charge in [0.15, 0.2) is 0 Å². The van der Waals surface area contributed by atoms with Crippen LogP contribution >= 0.6 is 11.6 Å². The van der Waals surface area contributed by atoms with Crippen molar-refractivity contribution in [2.45, 2.75) is 19.5 Å². The number of nitrogens with two attached hydrogens (primary N) is 1. The van der Waals surface area contributed by atoms with E-state index in [1.807, 2.05) is 12.1 Å². The van der Waals surface area contributed by atoms with Gasteiger partial charge in [0.05, 0.1) is 42.4 Å². The third-order valence-electron chi connectivity index (χ3n) is 6.75. The van der Waals surface area contributed by atoms with Crippen molar-refractivity contribution < 1.29 is 14.0 Å². The van der Waals surface area contributed by atoms with Gasteiger partial charge in [-0.25, -0.2) is 9.24 Å². The first-order valence-electron chi connectivity index (χ1n) is 11.9. The third kappa shape index (κ3) is 4.88. The SMILES string of the molecule is [C-]#[N+]c1ccc(CC(=O)N2CCn3nc(-c4ccc(F)c(Cl)c4)c(C(N)=O)c3C2)cc1N1CCNCC1. The summed E-state index contributed by atoms with van der Waals surface area (Å²) < 4.78 is 15.3. The second kappa shape index (κ2) is 10.2. The van der Waals surface area contributed by atoms with E-state index < -0.39 is 11.7 Å². The van der Waals surface area contributed by atoms with Gasteiger partial charge in [-0.1, -0.05) is 23.7 Å². The van der Waals surface area contributed by atoms with E-state index in [9.17, 15) is 14.0 Å². The van der Waals surface area contributed by atoms with Crippen LogP contribution in [-0.4, -0.2) is 59.2 Å². The van der Waals surface area contributed by atoms with Gasteiger partial charge in [0.1, 0.15) is 11.5 Å². The van der Waals surface area contributed by atoms with Crippen LogP contribution in [0.15, 0.2) is 36.4 Å². The monoisotopic (exact) mass is 521 g/mol. The molecule has 5 rings (SSSR count). The summed E-state index contributed by atoms with van der Waals surface area (Å²) in [5.41, 5.74) is 9.46. The highest BCUT2D eigenvalue weighted by atomic mass is 35.5. The van der Waals surface area contributed by atoms with Crippen molar-refractivity contribution in [3.63, 3.8) is 0 Å². The van der Waals surface area contributed by atoms with Crippen LogP contribution in [0, 0.1) is 12.4 Å². The van der Waals surface area contributed by atoms with E-state index in [-0.39, 0.29) is 29.5 Å². The number of fused-ring (bicyclic) bond motifs is 1. The van der Waals surface area contributed by atoms with Crippen LogP contribution in [0.1, 0.15) is 21.6 Å². The molecule has 2 aromatic carbocycles. The molecular formula is C26H25ClFN7O2. The number of rotatable bonds is 5. The summed E-state index contributed by atoms with van der Waals surface area (Å²) in [5.74, 6) is -1.35. The van der Waals surface area contributed by atoms with Crippen LogP contribution in [0.3, 0.4) is 0 Å². The molecule has 0 bridgehead atoms. The Morgan fingerprint density at radius 2 is 1.92 bits per heavy atom. The highest BCUT2D eigenvalue weighted by molar-refractivity contribution is 6.31. The molecule has 37 heavy (non-hydrogen) atoms. The van der Waals surface area contributed by atoms with Crippen molar-refractivity contribution in [1.29, 1.82) is 0 Å². The fraction of sp³-hybridized carbons (Fsp3) is 0.308. The van der Waals surface area contributed by atoms with Crippen LogP contribution in [0.25, 0.3) is 16.1 Å². The summed E-state index contributed by atoms with van der Waals surface area (Å²) in [6.45, 7) is 11.8. The van der Waals surface area contributed by atoms with E-state index in [0.717, 1.165) is 37.4 Å². The van der Waals surface area contributed by atoms with Crippen molar-refractivity contribution in [3.8, 4) is 11.3 Å². The molecule has 0 spiro atoms. The predicted octanol–water partition coefficient (Wildman–Crippen LogP) is 2.99. The highest BCUT2D eigenvalue weighted by Crippen LogP contribution is 2.32. The number of carbonyl (C=O) groups excluding carboxylic acids is 2. The Kier molecular flexibility index (Phi) is 6.82. The number of hydrogen-bond acceptors (Lipinski definition) is 5. The molecule has 2 amide bonds. The minimum absolute atomic E-state index is 0.0832. The fourth-order valence-electron chi connectivity index (χ4n) is 4.85. The topological polar surface area (TPSA) is 101 Å². The van der Waals surface area contributed by atoms with Crippen LogP contribution in [-0.2, 0) is 24.3 Å². The van der Waals surface area contributed by atoms with Crippen LogP contribution in [0.2, 0.25) is 5.02 Å². The Morgan fingerprint density at radius 1 is 1.14 bits per heavy atom. The lowest BCUT2D eigenvalue weighted by molar-refractivity contribution is -0.132. The number of anilines is 1. The van der Waals surface area contributed by atoms with E-state index >= 15 is 0 Å². The molecule has 3 N–H and O–H groups in total. The molecule has 1 fully saturated rings. The maximum atomic E-state index is 13.7.